The van der Waals surface area contributed by atoms with Gasteiger partial charge in [0.2, 0.25) is 0 Å². The van der Waals surface area contributed by atoms with Crippen molar-refractivity contribution in [3.63, 3.8) is 0 Å². The summed E-state index contributed by atoms with van der Waals surface area (Å²) < 4.78 is 0. The normalized spacial score (nSPS) is 26.8. The Labute approximate surface area is 119 Å². The Balaban J connectivity index is 1.80. The molecular formula is C18H18N2. The lowest BCUT2D eigenvalue weighted by molar-refractivity contribution is 0.425. The summed E-state index contributed by atoms with van der Waals surface area (Å²) in [5.74, 6) is 1.16. The van der Waals surface area contributed by atoms with E-state index >= 15 is 0 Å². The molecule has 0 amide bonds. The molecule has 20 heavy (non-hydrogen) atoms. The highest BCUT2D eigenvalue weighted by molar-refractivity contribution is 5.60. The molecule has 0 saturated carbocycles. The standard InChI is InChI=1S/C18H18N2/c1-12-5-6-17-16(11-12)14-3-2-4-15(14)18(20-17)13-7-9-19-10-8-13/h2-3,5-11,14-15,18,20H,4H2,1H3/t14-,15+,18+/m1/s1. The van der Waals surface area contributed by atoms with E-state index in [1.807, 2.05) is 12.4 Å². The summed E-state index contributed by atoms with van der Waals surface area (Å²) in [6.45, 7) is 2.17. The van der Waals surface area contributed by atoms with Crippen molar-refractivity contribution in [3.8, 4) is 0 Å². The van der Waals surface area contributed by atoms with E-state index in [-0.39, 0.29) is 0 Å². The summed E-state index contributed by atoms with van der Waals surface area (Å²) in [4.78, 5) is 4.14. The maximum atomic E-state index is 4.14. The number of benzene rings is 1. The quantitative estimate of drug-likeness (QED) is 0.778. The van der Waals surface area contributed by atoms with Gasteiger partial charge in [0.15, 0.2) is 0 Å². The van der Waals surface area contributed by atoms with E-state index in [1.165, 1.54) is 22.4 Å². The van der Waals surface area contributed by atoms with Gasteiger partial charge in [0.25, 0.3) is 0 Å². The minimum absolute atomic E-state index is 0.383. The third-order valence-electron chi connectivity index (χ3n) is 4.58. The molecule has 0 spiro atoms. The summed E-state index contributed by atoms with van der Waals surface area (Å²) >= 11 is 0. The van der Waals surface area contributed by atoms with Gasteiger partial charge in [-0.25, -0.2) is 0 Å². The lowest BCUT2D eigenvalue weighted by Gasteiger charge is -2.37. The number of nitrogens with one attached hydrogen (secondary N) is 1. The lowest BCUT2D eigenvalue weighted by atomic mass is 9.77. The van der Waals surface area contributed by atoms with Gasteiger partial charge in [-0.1, -0.05) is 29.8 Å². The van der Waals surface area contributed by atoms with Crippen molar-refractivity contribution < 1.29 is 0 Å². The number of hydrogen-bond acceptors (Lipinski definition) is 2. The topological polar surface area (TPSA) is 24.9 Å². The predicted octanol–water partition coefficient (Wildman–Crippen LogP) is 4.22. The number of pyridine rings is 1. The van der Waals surface area contributed by atoms with Crippen molar-refractivity contribution >= 4 is 5.69 Å². The second kappa shape index (κ2) is 4.48. The van der Waals surface area contributed by atoms with Crippen LogP contribution in [0.4, 0.5) is 5.69 Å². The van der Waals surface area contributed by atoms with Crippen molar-refractivity contribution in [2.45, 2.75) is 25.3 Å². The number of fused-ring (bicyclic) bond motifs is 3. The van der Waals surface area contributed by atoms with Gasteiger partial charge in [-0.05, 0) is 48.6 Å². The molecule has 1 aliphatic heterocycles. The van der Waals surface area contributed by atoms with Gasteiger partial charge in [-0.2, -0.15) is 0 Å². The van der Waals surface area contributed by atoms with E-state index in [9.17, 15) is 0 Å². The summed E-state index contributed by atoms with van der Waals surface area (Å²) in [5.41, 5.74) is 5.41. The molecule has 100 valence electrons. The van der Waals surface area contributed by atoms with Crippen LogP contribution in [-0.4, -0.2) is 4.98 Å². The van der Waals surface area contributed by atoms with E-state index in [4.69, 9.17) is 0 Å². The van der Waals surface area contributed by atoms with Gasteiger partial charge < -0.3 is 5.32 Å². The second-order valence-electron chi connectivity index (χ2n) is 5.85. The molecule has 1 aromatic carbocycles. The number of nitrogens with zero attached hydrogens (tertiary/aromatic N) is 1. The average molecular weight is 262 g/mol. The Morgan fingerprint density at radius 1 is 1.15 bits per heavy atom. The van der Waals surface area contributed by atoms with Crippen LogP contribution >= 0.6 is 0 Å². The molecule has 0 fully saturated rings. The van der Waals surface area contributed by atoms with Crippen molar-refractivity contribution in [3.05, 3.63) is 71.6 Å². The van der Waals surface area contributed by atoms with Gasteiger partial charge in [-0.3, -0.25) is 4.98 Å². The fraction of sp³-hybridized carbons (Fsp3) is 0.278. The molecular weight excluding hydrogens is 244 g/mol. The number of aryl methyl sites for hydroxylation is 1. The molecule has 1 aromatic heterocycles. The van der Waals surface area contributed by atoms with Crippen LogP contribution in [0.25, 0.3) is 0 Å². The zero-order valence-electron chi connectivity index (χ0n) is 11.6. The molecule has 2 aromatic rings. The Bertz CT molecular complexity index is 660. The zero-order valence-corrected chi connectivity index (χ0v) is 11.6. The molecule has 0 bridgehead atoms. The molecule has 2 nitrogen and oxygen atoms in total. The van der Waals surface area contributed by atoms with E-state index in [2.05, 4.69) is 59.7 Å². The first-order valence-electron chi connectivity index (χ1n) is 7.26. The molecule has 1 aliphatic carbocycles. The molecule has 1 N–H and O–H groups in total. The van der Waals surface area contributed by atoms with E-state index in [0.717, 1.165) is 6.42 Å². The number of rotatable bonds is 1. The van der Waals surface area contributed by atoms with Gasteiger partial charge in [0.05, 0.1) is 6.04 Å². The van der Waals surface area contributed by atoms with Crippen LogP contribution in [0.1, 0.15) is 35.1 Å². The van der Waals surface area contributed by atoms with Crippen LogP contribution in [0.3, 0.4) is 0 Å². The van der Waals surface area contributed by atoms with Crippen LogP contribution in [-0.2, 0) is 0 Å². The first-order chi connectivity index (χ1) is 9.83. The summed E-state index contributed by atoms with van der Waals surface area (Å²) in [7, 11) is 0. The third-order valence-corrected chi connectivity index (χ3v) is 4.58. The maximum Gasteiger partial charge on any atom is 0.0555 e. The monoisotopic (exact) mass is 262 g/mol. The molecule has 2 heteroatoms. The Hall–Kier alpha value is -2.09. The maximum absolute atomic E-state index is 4.14. The Morgan fingerprint density at radius 3 is 2.85 bits per heavy atom. The SMILES string of the molecule is Cc1ccc2c(c1)[C@@H]1C=CC[C@@H]1[C@H](c1ccncc1)N2. The molecule has 2 heterocycles. The van der Waals surface area contributed by atoms with Gasteiger partial charge in [0, 0.05) is 24.0 Å². The number of hydrogen-bond donors (Lipinski definition) is 1. The predicted molar refractivity (Wildman–Crippen MR) is 81.8 cm³/mol. The number of anilines is 1. The molecule has 2 aliphatic rings. The van der Waals surface area contributed by atoms with Crippen molar-refractivity contribution in [2.75, 3.05) is 5.32 Å². The smallest absolute Gasteiger partial charge is 0.0555 e. The van der Waals surface area contributed by atoms with E-state index in [1.54, 1.807) is 0 Å². The van der Waals surface area contributed by atoms with Crippen LogP contribution in [0.15, 0.2) is 54.9 Å². The highest BCUT2D eigenvalue weighted by atomic mass is 15.0. The largest absolute Gasteiger partial charge is 0.378 e. The summed E-state index contributed by atoms with van der Waals surface area (Å²) in [6, 6.07) is 11.4. The summed E-state index contributed by atoms with van der Waals surface area (Å²) in [5, 5.41) is 3.74. The Kier molecular flexibility index (Phi) is 2.62. The van der Waals surface area contributed by atoms with Crippen LogP contribution < -0.4 is 5.32 Å². The third kappa shape index (κ3) is 1.75. The van der Waals surface area contributed by atoms with Gasteiger partial charge >= 0.3 is 0 Å². The zero-order chi connectivity index (χ0) is 13.5. The van der Waals surface area contributed by atoms with Crippen LogP contribution in [0.2, 0.25) is 0 Å². The number of aromatic nitrogens is 1. The van der Waals surface area contributed by atoms with E-state index < -0.39 is 0 Å². The summed E-state index contributed by atoms with van der Waals surface area (Å²) in [6.07, 6.45) is 9.65. The fourth-order valence-corrected chi connectivity index (χ4v) is 3.61. The first-order valence-corrected chi connectivity index (χ1v) is 7.26. The van der Waals surface area contributed by atoms with E-state index in [0.29, 0.717) is 17.9 Å². The van der Waals surface area contributed by atoms with Crippen molar-refractivity contribution in [1.82, 2.24) is 4.98 Å². The van der Waals surface area contributed by atoms with Crippen molar-refractivity contribution in [1.29, 1.82) is 0 Å². The first kappa shape index (κ1) is 11.7. The minimum atomic E-state index is 0.383. The van der Waals surface area contributed by atoms with Crippen molar-refractivity contribution in [2.24, 2.45) is 5.92 Å². The number of allylic oxidation sites excluding steroid dienone is 2. The highest BCUT2D eigenvalue weighted by Crippen LogP contribution is 2.49. The second-order valence-corrected chi connectivity index (χ2v) is 5.85. The van der Waals surface area contributed by atoms with Gasteiger partial charge in [0.1, 0.15) is 0 Å². The Morgan fingerprint density at radius 2 is 2.00 bits per heavy atom. The van der Waals surface area contributed by atoms with Gasteiger partial charge in [-0.15, -0.1) is 0 Å². The molecule has 0 radical (unpaired) electrons. The average Bonchev–Trinajstić information content (AvgIpc) is 2.97. The molecule has 0 saturated heterocycles. The fourth-order valence-electron chi connectivity index (χ4n) is 3.61. The minimum Gasteiger partial charge on any atom is -0.378 e. The molecule has 0 unspecified atom stereocenters. The molecule has 3 atom stereocenters. The van der Waals surface area contributed by atoms with Crippen LogP contribution in [0.5, 0.6) is 0 Å². The van der Waals surface area contributed by atoms with Crippen LogP contribution in [0, 0.1) is 12.8 Å². The highest BCUT2D eigenvalue weighted by Gasteiger charge is 2.37. The lowest BCUT2D eigenvalue weighted by Crippen LogP contribution is -2.29. The molecule has 4 rings (SSSR count).